The average Bonchev–Trinajstić information content (AvgIpc) is 2.37. The van der Waals surface area contributed by atoms with Crippen molar-refractivity contribution in [3.63, 3.8) is 0 Å². The van der Waals surface area contributed by atoms with Gasteiger partial charge in [-0.3, -0.25) is 0 Å². The standard InChI is InChI=1S/C14H5BrF5N/c15-8-1-2-9(11(5-8)14(18,19)20)7-3-12(16)10(6-21)13(17)4-7/h1-5H. The van der Waals surface area contributed by atoms with E-state index in [0.29, 0.717) is 12.1 Å². The van der Waals surface area contributed by atoms with E-state index >= 15 is 0 Å². The second-order valence-electron chi connectivity index (χ2n) is 4.11. The molecule has 0 fully saturated rings. The zero-order valence-corrected chi connectivity index (χ0v) is 11.7. The summed E-state index contributed by atoms with van der Waals surface area (Å²) in [6, 6.07) is 5.99. The molecule has 0 aliphatic heterocycles. The highest BCUT2D eigenvalue weighted by Crippen LogP contribution is 2.39. The zero-order chi connectivity index (χ0) is 15.8. The van der Waals surface area contributed by atoms with Crippen LogP contribution in [-0.2, 0) is 6.18 Å². The van der Waals surface area contributed by atoms with Gasteiger partial charge >= 0.3 is 6.18 Å². The molecular formula is C14H5BrF5N. The average molecular weight is 362 g/mol. The summed E-state index contributed by atoms with van der Waals surface area (Å²) >= 11 is 2.92. The van der Waals surface area contributed by atoms with E-state index in [4.69, 9.17) is 5.26 Å². The summed E-state index contributed by atoms with van der Waals surface area (Å²) in [5.41, 5.74) is -2.51. The van der Waals surface area contributed by atoms with Gasteiger partial charge in [-0.2, -0.15) is 18.4 Å². The van der Waals surface area contributed by atoms with Crippen LogP contribution >= 0.6 is 15.9 Å². The monoisotopic (exact) mass is 361 g/mol. The van der Waals surface area contributed by atoms with Gasteiger partial charge in [-0.25, -0.2) is 8.78 Å². The number of benzene rings is 2. The number of nitriles is 1. The van der Waals surface area contributed by atoms with Crippen molar-refractivity contribution in [2.45, 2.75) is 6.18 Å². The maximum absolute atomic E-state index is 13.6. The molecule has 1 nitrogen and oxygen atoms in total. The molecule has 0 unspecified atom stereocenters. The summed E-state index contributed by atoms with van der Waals surface area (Å²) in [5.74, 6) is -2.41. The second-order valence-corrected chi connectivity index (χ2v) is 5.03. The van der Waals surface area contributed by atoms with E-state index in [1.54, 1.807) is 0 Å². The van der Waals surface area contributed by atoms with Gasteiger partial charge in [-0.15, -0.1) is 0 Å². The first-order valence-corrected chi connectivity index (χ1v) is 6.29. The van der Waals surface area contributed by atoms with E-state index in [1.165, 1.54) is 12.1 Å². The first-order chi connectivity index (χ1) is 9.74. The van der Waals surface area contributed by atoms with Gasteiger partial charge in [0, 0.05) is 4.47 Å². The summed E-state index contributed by atoms with van der Waals surface area (Å²) < 4.78 is 66.3. The van der Waals surface area contributed by atoms with Crippen LogP contribution in [-0.4, -0.2) is 0 Å². The lowest BCUT2D eigenvalue weighted by atomic mass is 9.98. The maximum Gasteiger partial charge on any atom is 0.417 e. The largest absolute Gasteiger partial charge is 0.417 e. The molecule has 0 spiro atoms. The van der Waals surface area contributed by atoms with E-state index < -0.39 is 28.9 Å². The molecule has 2 rings (SSSR count). The van der Waals surface area contributed by atoms with E-state index in [2.05, 4.69) is 15.9 Å². The summed E-state index contributed by atoms with van der Waals surface area (Å²) in [6.45, 7) is 0. The molecule has 0 aliphatic rings. The Morgan fingerprint density at radius 3 is 2.05 bits per heavy atom. The van der Waals surface area contributed by atoms with Gasteiger partial charge in [0.15, 0.2) is 0 Å². The van der Waals surface area contributed by atoms with Crippen molar-refractivity contribution in [1.82, 2.24) is 0 Å². The smallest absolute Gasteiger partial charge is 0.205 e. The SMILES string of the molecule is N#Cc1c(F)cc(-c2ccc(Br)cc2C(F)(F)F)cc1F. The van der Waals surface area contributed by atoms with Crippen LogP contribution in [0.1, 0.15) is 11.1 Å². The van der Waals surface area contributed by atoms with Crippen molar-refractivity contribution < 1.29 is 22.0 Å². The molecular weight excluding hydrogens is 357 g/mol. The highest BCUT2D eigenvalue weighted by molar-refractivity contribution is 9.10. The molecule has 0 bridgehead atoms. The molecule has 2 aromatic carbocycles. The van der Waals surface area contributed by atoms with Gasteiger partial charge in [0.05, 0.1) is 5.56 Å². The minimum Gasteiger partial charge on any atom is -0.205 e. The highest BCUT2D eigenvalue weighted by atomic mass is 79.9. The molecule has 0 atom stereocenters. The molecule has 0 N–H and O–H groups in total. The van der Waals surface area contributed by atoms with Crippen LogP contribution in [0.15, 0.2) is 34.8 Å². The number of rotatable bonds is 1. The zero-order valence-electron chi connectivity index (χ0n) is 10.1. The fourth-order valence-corrected chi connectivity index (χ4v) is 2.20. The van der Waals surface area contributed by atoms with Crippen molar-refractivity contribution in [3.8, 4) is 17.2 Å². The fourth-order valence-electron chi connectivity index (χ4n) is 1.84. The van der Waals surface area contributed by atoms with Crippen LogP contribution in [0.5, 0.6) is 0 Å². The van der Waals surface area contributed by atoms with Crippen molar-refractivity contribution in [1.29, 1.82) is 5.26 Å². The molecule has 0 radical (unpaired) electrons. The second kappa shape index (κ2) is 5.45. The summed E-state index contributed by atoms with van der Waals surface area (Å²) in [4.78, 5) is 0. The Balaban J connectivity index is 2.72. The van der Waals surface area contributed by atoms with Crippen molar-refractivity contribution in [3.05, 3.63) is 57.6 Å². The lowest BCUT2D eigenvalue weighted by molar-refractivity contribution is -0.137. The first kappa shape index (κ1) is 15.4. The number of hydrogen-bond donors (Lipinski definition) is 0. The topological polar surface area (TPSA) is 23.8 Å². The van der Waals surface area contributed by atoms with Crippen LogP contribution < -0.4 is 0 Å². The van der Waals surface area contributed by atoms with Crippen LogP contribution in [0.2, 0.25) is 0 Å². The molecule has 2 aromatic rings. The molecule has 0 saturated carbocycles. The number of alkyl halides is 3. The van der Waals surface area contributed by atoms with Crippen molar-refractivity contribution >= 4 is 15.9 Å². The molecule has 7 heteroatoms. The minimum atomic E-state index is -4.68. The summed E-state index contributed by atoms with van der Waals surface area (Å²) in [7, 11) is 0. The lowest BCUT2D eigenvalue weighted by Gasteiger charge is -2.14. The third-order valence-electron chi connectivity index (χ3n) is 2.75. The Kier molecular flexibility index (Phi) is 4.01. The third kappa shape index (κ3) is 3.05. The molecule has 0 aliphatic carbocycles. The minimum absolute atomic E-state index is 0.188. The van der Waals surface area contributed by atoms with E-state index in [9.17, 15) is 22.0 Å². The molecule has 0 heterocycles. The Morgan fingerprint density at radius 2 is 1.57 bits per heavy atom. The number of hydrogen-bond acceptors (Lipinski definition) is 1. The Morgan fingerprint density at radius 1 is 1.00 bits per heavy atom. The fraction of sp³-hybridized carbons (Fsp3) is 0.0714. The Labute approximate surface area is 124 Å². The van der Waals surface area contributed by atoms with Gasteiger partial charge in [0.2, 0.25) is 0 Å². The molecule has 21 heavy (non-hydrogen) atoms. The van der Waals surface area contributed by atoms with E-state index in [0.717, 1.165) is 12.1 Å². The third-order valence-corrected chi connectivity index (χ3v) is 3.25. The van der Waals surface area contributed by atoms with E-state index in [-0.39, 0.29) is 15.6 Å². The molecule has 0 amide bonds. The van der Waals surface area contributed by atoms with E-state index in [1.807, 2.05) is 0 Å². The predicted molar refractivity (Wildman–Crippen MR) is 69.2 cm³/mol. The van der Waals surface area contributed by atoms with Crippen molar-refractivity contribution in [2.75, 3.05) is 0 Å². The van der Waals surface area contributed by atoms with Crippen LogP contribution in [0.4, 0.5) is 22.0 Å². The van der Waals surface area contributed by atoms with Gasteiger partial charge in [0.1, 0.15) is 23.3 Å². The van der Waals surface area contributed by atoms with Gasteiger partial charge < -0.3 is 0 Å². The molecule has 108 valence electrons. The van der Waals surface area contributed by atoms with Gasteiger partial charge in [-0.05, 0) is 35.4 Å². The molecule has 0 aromatic heterocycles. The van der Waals surface area contributed by atoms with Crippen molar-refractivity contribution in [2.24, 2.45) is 0 Å². The lowest BCUT2D eigenvalue weighted by Crippen LogP contribution is -2.07. The summed E-state index contributed by atoms with van der Waals surface area (Å²) in [5, 5.41) is 8.56. The Hall–Kier alpha value is -1.94. The number of halogens is 6. The van der Waals surface area contributed by atoms with Crippen LogP contribution in [0.3, 0.4) is 0 Å². The number of nitrogens with zero attached hydrogens (tertiary/aromatic N) is 1. The predicted octanol–water partition coefficient (Wildman–Crippen LogP) is 5.28. The Bertz CT molecular complexity index is 723. The molecule has 0 saturated heterocycles. The highest BCUT2D eigenvalue weighted by Gasteiger charge is 2.34. The maximum atomic E-state index is 13.6. The normalized spacial score (nSPS) is 11.3. The van der Waals surface area contributed by atoms with Crippen LogP contribution in [0, 0.1) is 23.0 Å². The van der Waals surface area contributed by atoms with Gasteiger partial charge in [0.25, 0.3) is 0 Å². The first-order valence-electron chi connectivity index (χ1n) is 5.50. The summed E-state index contributed by atoms with van der Waals surface area (Å²) in [6.07, 6.45) is -4.68. The van der Waals surface area contributed by atoms with Gasteiger partial charge in [-0.1, -0.05) is 22.0 Å². The quantitative estimate of drug-likeness (QED) is 0.633. The van der Waals surface area contributed by atoms with Crippen LogP contribution in [0.25, 0.3) is 11.1 Å².